The number of amides is 2. The van der Waals surface area contributed by atoms with Gasteiger partial charge in [-0.15, -0.1) is 0 Å². The van der Waals surface area contributed by atoms with Crippen LogP contribution in [0.3, 0.4) is 0 Å². The van der Waals surface area contributed by atoms with E-state index < -0.39 is 5.91 Å². The van der Waals surface area contributed by atoms with Gasteiger partial charge in [0.2, 0.25) is 11.8 Å². The minimum absolute atomic E-state index is 0.197. The van der Waals surface area contributed by atoms with E-state index in [-0.39, 0.29) is 18.4 Å². The summed E-state index contributed by atoms with van der Waals surface area (Å²) in [6.07, 6.45) is 7.68. The fourth-order valence-electron chi connectivity index (χ4n) is 3.09. The van der Waals surface area contributed by atoms with Gasteiger partial charge in [0, 0.05) is 6.04 Å². The molecule has 154 valence electrons. The number of carbonyl (C=O) groups excluding carboxylic acids is 2. The molecule has 7 heteroatoms. The Morgan fingerprint density at radius 2 is 1.89 bits per heavy atom. The summed E-state index contributed by atoms with van der Waals surface area (Å²) in [5.41, 5.74) is 3.16. The van der Waals surface area contributed by atoms with Gasteiger partial charge in [0.05, 0.1) is 19.4 Å². The highest BCUT2D eigenvalue weighted by molar-refractivity contribution is 5.97. The number of nitrogens with zero attached hydrogens (tertiary/aromatic N) is 1. The van der Waals surface area contributed by atoms with E-state index in [1.54, 1.807) is 6.07 Å². The summed E-state index contributed by atoms with van der Waals surface area (Å²) in [6.45, 7) is 5.09. The van der Waals surface area contributed by atoms with E-state index in [0.717, 1.165) is 37.7 Å². The number of ether oxygens (including phenoxy) is 2. The molecule has 2 amide bonds. The van der Waals surface area contributed by atoms with Crippen molar-refractivity contribution in [3.05, 3.63) is 23.8 Å². The average Bonchev–Trinajstić information content (AvgIpc) is 2.68. The highest BCUT2D eigenvalue weighted by atomic mass is 16.5. The summed E-state index contributed by atoms with van der Waals surface area (Å²) >= 11 is 0. The molecule has 0 saturated heterocycles. The molecule has 0 bridgehead atoms. The third-order valence-corrected chi connectivity index (χ3v) is 4.42. The Balaban J connectivity index is 1.82. The molecular weight excluding hydrogens is 358 g/mol. The molecule has 0 aliphatic heterocycles. The van der Waals surface area contributed by atoms with Crippen LogP contribution in [0.4, 0.5) is 0 Å². The lowest BCUT2D eigenvalue weighted by molar-refractivity contribution is -0.129. The van der Waals surface area contributed by atoms with Crippen LogP contribution in [0.25, 0.3) is 0 Å². The molecule has 1 aromatic rings. The average molecular weight is 389 g/mol. The minimum atomic E-state index is -0.433. The van der Waals surface area contributed by atoms with Crippen molar-refractivity contribution in [3.8, 4) is 11.5 Å². The van der Waals surface area contributed by atoms with E-state index in [4.69, 9.17) is 9.47 Å². The van der Waals surface area contributed by atoms with Crippen LogP contribution in [0.1, 0.15) is 64.4 Å². The molecule has 1 aliphatic rings. The summed E-state index contributed by atoms with van der Waals surface area (Å²) in [5.74, 6) is 0.635. The van der Waals surface area contributed by atoms with Gasteiger partial charge >= 0.3 is 0 Å². The molecule has 0 heterocycles. The Hall–Kier alpha value is -2.57. The number of nitrogens with one attached hydrogen (secondary N) is 2. The zero-order valence-corrected chi connectivity index (χ0v) is 16.8. The maximum Gasteiger partial charge on any atom is 0.249 e. The first-order chi connectivity index (χ1) is 13.6. The predicted molar refractivity (Wildman–Crippen MR) is 109 cm³/mol. The molecule has 0 atom stereocenters. The smallest absolute Gasteiger partial charge is 0.249 e. The Morgan fingerprint density at radius 3 is 2.61 bits per heavy atom. The van der Waals surface area contributed by atoms with Crippen LogP contribution in [0.2, 0.25) is 0 Å². The third kappa shape index (κ3) is 7.58. The van der Waals surface area contributed by atoms with E-state index in [0.29, 0.717) is 24.7 Å². The number of carbonyl (C=O) groups is 2. The topological polar surface area (TPSA) is 89.0 Å². The van der Waals surface area contributed by atoms with Crippen LogP contribution in [-0.2, 0) is 9.59 Å². The molecule has 1 fully saturated rings. The summed E-state index contributed by atoms with van der Waals surface area (Å²) in [7, 11) is 0. The molecular formula is C21H31N3O4. The molecule has 1 aromatic carbocycles. The summed E-state index contributed by atoms with van der Waals surface area (Å²) in [6, 6.07) is 5.66. The Kier molecular flexibility index (Phi) is 9.31. The molecule has 2 rings (SSSR count). The van der Waals surface area contributed by atoms with Crippen LogP contribution in [0, 0.1) is 0 Å². The lowest BCUT2D eigenvalue weighted by atomic mass is 9.95. The summed E-state index contributed by atoms with van der Waals surface area (Å²) in [4.78, 5) is 23.8. The van der Waals surface area contributed by atoms with Gasteiger partial charge in [-0.25, -0.2) is 5.43 Å². The monoisotopic (exact) mass is 389 g/mol. The highest BCUT2D eigenvalue weighted by Crippen LogP contribution is 2.28. The Bertz CT molecular complexity index is 670. The number of hydrogen-bond donors (Lipinski definition) is 2. The van der Waals surface area contributed by atoms with Crippen molar-refractivity contribution >= 4 is 18.0 Å². The zero-order valence-electron chi connectivity index (χ0n) is 16.8. The first-order valence-corrected chi connectivity index (χ1v) is 10.1. The van der Waals surface area contributed by atoms with Gasteiger partial charge < -0.3 is 14.8 Å². The fraction of sp³-hybridized carbons (Fsp3) is 0.571. The van der Waals surface area contributed by atoms with Gasteiger partial charge in [-0.3, -0.25) is 9.59 Å². The van der Waals surface area contributed by atoms with Crippen LogP contribution in [0.15, 0.2) is 23.3 Å². The van der Waals surface area contributed by atoms with Crippen LogP contribution < -0.4 is 20.2 Å². The van der Waals surface area contributed by atoms with Crippen molar-refractivity contribution < 1.29 is 19.1 Å². The predicted octanol–water partition coefficient (Wildman–Crippen LogP) is 3.16. The van der Waals surface area contributed by atoms with E-state index in [1.165, 1.54) is 12.6 Å². The van der Waals surface area contributed by atoms with Crippen LogP contribution in [0.5, 0.6) is 11.5 Å². The molecule has 2 N–H and O–H groups in total. The summed E-state index contributed by atoms with van der Waals surface area (Å²) in [5, 5.41) is 6.85. The lowest BCUT2D eigenvalue weighted by Gasteiger charge is -2.22. The third-order valence-electron chi connectivity index (χ3n) is 4.42. The minimum Gasteiger partial charge on any atom is -0.490 e. The first-order valence-electron chi connectivity index (χ1n) is 10.1. The van der Waals surface area contributed by atoms with Gasteiger partial charge in [0.1, 0.15) is 6.42 Å². The quantitative estimate of drug-likeness (QED) is 0.365. The second-order valence-corrected chi connectivity index (χ2v) is 6.86. The largest absolute Gasteiger partial charge is 0.490 e. The van der Waals surface area contributed by atoms with Crippen molar-refractivity contribution in [1.29, 1.82) is 0 Å². The normalized spacial score (nSPS) is 14.6. The summed E-state index contributed by atoms with van der Waals surface area (Å²) < 4.78 is 11.3. The van der Waals surface area contributed by atoms with E-state index in [2.05, 4.69) is 15.8 Å². The molecule has 0 radical (unpaired) electrons. The van der Waals surface area contributed by atoms with Crippen molar-refractivity contribution in [2.75, 3.05) is 13.2 Å². The number of hydrogen-bond acceptors (Lipinski definition) is 5. The van der Waals surface area contributed by atoms with Gasteiger partial charge in [-0.05, 0) is 49.9 Å². The number of hydrazone groups is 1. The molecule has 7 nitrogen and oxygen atoms in total. The maximum atomic E-state index is 11.9. The van der Waals surface area contributed by atoms with Gasteiger partial charge in [0.15, 0.2) is 11.5 Å². The molecule has 1 aliphatic carbocycles. The fourth-order valence-corrected chi connectivity index (χ4v) is 3.09. The zero-order chi connectivity index (χ0) is 20.2. The molecule has 0 unspecified atom stereocenters. The van der Waals surface area contributed by atoms with Crippen LogP contribution >= 0.6 is 0 Å². The molecule has 0 aromatic heterocycles. The van der Waals surface area contributed by atoms with E-state index in [1.807, 2.05) is 26.0 Å². The number of benzene rings is 1. The maximum absolute atomic E-state index is 11.9. The van der Waals surface area contributed by atoms with Crippen LogP contribution in [-0.4, -0.2) is 37.3 Å². The van der Waals surface area contributed by atoms with Crippen molar-refractivity contribution in [1.82, 2.24) is 10.7 Å². The molecule has 1 saturated carbocycles. The Labute approximate surface area is 166 Å². The first kappa shape index (κ1) is 21.7. The van der Waals surface area contributed by atoms with Crippen molar-refractivity contribution in [2.24, 2.45) is 5.10 Å². The van der Waals surface area contributed by atoms with Crippen molar-refractivity contribution in [3.63, 3.8) is 0 Å². The second-order valence-electron chi connectivity index (χ2n) is 6.86. The Morgan fingerprint density at radius 1 is 1.11 bits per heavy atom. The van der Waals surface area contributed by atoms with Gasteiger partial charge in [-0.1, -0.05) is 26.2 Å². The van der Waals surface area contributed by atoms with E-state index in [9.17, 15) is 9.59 Å². The highest BCUT2D eigenvalue weighted by Gasteiger charge is 2.17. The van der Waals surface area contributed by atoms with E-state index >= 15 is 0 Å². The van der Waals surface area contributed by atoms with Crippen molar-refractivity contribution in [2.45, 2.75) is 64.8 Å². The lowest BCUT2D eigenvalue weighted by Crippen LogP contribution is -2.38. The van der Waals surface area contributed by atoms with Gasteiger partial charge in [0.25, 0.3) is 0 Å². The molecule has 0 spiro atoms. The standard InChI is InChI=1S/C21H31N3O4/c1-3-12-28-18-11-10-16(13-19(18)27-4-2)15-22-24-21(26)14-20(25)23-17-8-6-5-7-9-17/h10-11,13,15,17H,3-9,12,14H2,1-2H3,(H,23,25)(H,24,26). The number of rotatable bonds is 10. The van der Waals surface area contributed by atoms with Gasteiger partial charge in [-0.2, -0.15) is 5.10 Å². The SMILES string of the molecule is CCCOc1ccc(C=NNC(=O)CC(=O)NC2CCCCC2)cc1OCC. The second kappa shape index (κ2) is 12.0. The molecule has 28 heavy (non-hydrogen) atoms.